The molecule has 0 saturated heterocycles. The lowest BCUT2D eigenvalue weighted by atomic mass is 10.1. The molecule has 0 aliphatic rings. The van der Waals surface area contributed by atoms with Gasteiger partial charge in [-0.05, 0) is 18.6 Å². The minimum atomic E-state index is -1.38. The highest BCUT2D eigenvalue weighted by atomic mass is 28.3. The number of rotatable bonds is 6. The highest BCUT2D eigenvalue weighted by molar-refractivity contribution is 6.87. The van der Waals surface area contributed by atoms with Crippen LogP contribution in [0.2, 0.25) is 19.6 Å². The van der Waals surface area contributed by atoms with Gasteiger partial charge in [-0.3, -0.25) is 0 Å². The summed E-state index contributed by atoms with van der Waals surface area (Å²) < 4.78 is 11.6. The fraction of sp³-hybridized carbons (Fsp3) is 0.571. The lowest BCUT2D eigenvalue weighted by Gasteiger charge is -2.15. The van der Waals surface area contributed by atoms with Gasteiger partial charge in [0.1, 0.15) is 26.5 Å². The summed E-state index contributed by atoms with van der Waals surface area (Å²) in [6.45, 7) is 9.29. The van der Waals surface area contributed by atoms with Gasteiger partial charge >= 0.3 is 0 Å². The number of furan rings is 1. The van der Waals surface area contributed by atoms with Crippen LogP contribution in [0.25, 0.3) is 0 Å². The third-order valence-corrected chi connectivity index (χ3v) is 4.35. The minimum absolute atomic E-state index is 0.00106. The van der Waals surface area contributed by atoms with Gasteiger partial charge < -0.3 is 9.15 Å². The summed E-state index contributed by atoms with van der Waals surface area (Å²) in [5.41, 5.74) is 0. The largest absolute Gasteiger partial charge is 0.468 e. The monoisotopic (exact) mass is 250 g/mol. The predicted molar refractivity (Wildman–Crippen MR) is 74.1 cm³/mol. The summed E-state index contributed by atoms with van der Waals surface area (Å²) in [4.78, 5) is 0. The van der Waals surface area contributed by atoms with Crippen LogP contribution >= 0.6 is 0 Å². The van der Waals surface area contributed by atoms with E-state index in [1.165, 1.54) is 0 Å². The number of hydrogen-bond donors (Lipinski definition) is 0. The molecule has 0 aromatic carbocycles. The summed E-state index contributed by atoms with van der Waals surface area (Å²) in [6.07, 6.45) is 7.23. The van der Waals surface area contributed by atoms with Crippen LogP contribution < -0.4 is 5.38 Å². The molecular weight excluding hydrogens is 228 g/mol. The quantitative estimate of drug-likeness (QED) is 0.571. The zero-order chi connectivity index (χ0) is 12.9. The fourth-order valence-corrected chi connectivity index (χ4v) is 2.65. The maximum absolute atomic E-state index is 5.93. The zero-order valence-electron chi connectivity index (χ0n) is 11.2. The average Bonchev–Trinajstić information content (AvgIpc) is 2.72. The maximum atomic E-state index is 5.93. The van der Waals surface area contributed by atoms with Crippen LogP contribution in [-0.2, 0) is 4.74 Å². The normalized spacial score (nSPS) is 13.4. The predicted octanol–water partition coefficient (Wildman–Crippen LogP) is 3.32. The van der Waals surface area contributed by atoms with Crippen LogP contribution in [0.3, 0.4) is 0 Å². The van der Waals surface area contributed by atoms with E-state index in [-0.39, 0.29) is 6.10 Å². The molecule has 1 atom stereocenters. The Morgan fingerprint density at radius 3 is 2.59 bits per heavy atom. The van der Waals surface area contributed by atoms with Crippen molar-refractivity contribution in [3.05, 3.63) is 17.9 Å². The molecule has 0 amide bonds. The van der Waals surface area contributed by atoms with Gasteiger partial charge in [0.15, 0.2) is 0 Å². The van der Waals surface area contributed by atoms with Gasteiger partial charge in [0.25, 0.3) is 0 Å². The molecule has 0 bridgehead atoms. The van der Waals surface area contributed by atoms with Crippen molar-refractivity contribution < 1.29 is 9.15 Å². The highest BCUT2D eigenvalue weighted by Gasteiger charge is 2.23. The smallest absolute Gasteiger partial charge is 0.132 e. The molecule has 2 nitrogen and oxygen atoms in total. The summed E-state index contributed by atoms with van der Waals surface area (Å²) >= 11 is 0. The summed E-state index contributed by atoms with van der Waals surface area (Å²) in [5.74, 6) is 3.42. The Morgan fingerprint density at radius 2 is 2.12 bits per heavy atom. The first kappa shape index (κ1) is 14.1. The van der Waals surface area contributed by atoms with Gasteiger partial charge in [0.05, 0.1) is 5.38 Å². The lowest BCUT2D eigenvalue weighted by molar-refractivity contribution is 0.0545. The Morgan fingerprint density at radius 1 is 1.41 bits per heavy atom. The van der Waals surface area contributed by atoms with Crippen molar-refractivity contribution in [1.82, 2.24) is 0 Å². The van der Waals surface area contributed by atoms with Crippen molar-refractivity contribution in [2.24, 2.45) is 0 Å². The average molecular weight is 250 g/mol. The second-order valence-corrected chi connectivity index (χ2v) is 10.2. The van der Waals surface area contributed by atoms with Crippen molar-refractivity contribution >= 4 is 13.5 Å². The van der Waals surface area contributed by atoms with Gasteiger partial charge in [-0.15, -0.1) is 6.42 Å². The Labute approximate surface area is 105 Å². The molecule has 17 heavy (non-hydrogen) atoms. The van der Waals surface area contributed by atoms with Gasteiger partial charge in [-0.2, -0.15) is 0 Å². The molecule has 0 N–H and O–H groups in total. The molecule has 1 aromatic heterocycles. The Bertz CT molecular complexity index is 382. The number of ether oxygens (including phenoxy) is 1. The second-order valence-electron chi connectivity index (χ2n) is 5.24. The molecule has 0 fully saturated rings. The van der Waals surface area contributed by atoms with Gasteiger partial charge in [-0.1, -0.05) is 38.9 Å². The molecule has 0 spiro atoms. The zero-order valence-corrected chi connectivity index (χ0v) is 12.2. The molecule has 3 heteroatoms. The summed E-state index contributed by atoms with van der Waals surface area (Å²) in [7, 11) is -1.38. The Balaban J connectivity index is 2.81. The topological polar surface area (TPSA) is 22.4 Å². The van der Waals surface area contributed by atoms with E-state index in [1.54, 1.807) is 0 Å². The summed E-state index contributed by atoms with van der Waals surface area (Å²) in [6, 6.07) is 4.12. The van der Waals surface area contributed by atoms with Crippen LogP contribution in [0, 0.1) is 12.3 Å². The summed E-state index contributed by atoms with van der Waals surface area (Å²) in [5, 5.41) is 1.12. The molecule has 0 aliphatic carbocycles. The first-order valence-corrected chi connectivity index (χ1v) is 9.64. The van der Waals surface area contributed by atoms with E-state index in [0.29, 0.717) is 6.61 Å². The second kappa shape index (κ2) is 6.09. The van der Waals surface area contributed by atoms with Crippen LogP contribution in [0.4, 0.5) is 0 Å². The van der Waals surface area contributed by atoms with E-state index in [1.807, 2.05) is 6.07 Å². The molecule has 1 rings (SSSR count). The van der Waals surface area contributed by atoms with E-state index >= 15 is 0 Å². The minimum Gasteiger partial charge on any atom is -0.468 e. The van der Waals surface area contributed by atoms with E-state index < -0.39 is 8.07 Å². The van der Waals surface area contributed by atoms with E-state index in [4.69, 9.17) is 15.6 Å². The number of terminal acetylenes is 1. The van der Waals surface area contributed by atoms with Gasteiger partial charge in [0, 0.05) is 0 Å². The molecule has 1 heterocycles. The van der Waals surface area contributed by atoms with Crippen molar-refractivity contribution in [1.29, 1.82) is 0 Å². The lowest BCUT2D eigenvalue weighted by Crippen LogP contribution is -2.36. The van der Waals surface area contributed by atoms with Crippen LogP contribution in [0.1, 0.15) is 31.6 Å². The van der Waals surface area contributed by atoms with Gasteiger partial charge in [0.2, 0.25) is 0 Å². The Hall–Kier alpha value is -0.983. The third-order valence-electron chi connectivity index (χ3n) is 2.60. The Kier molecular flexibility index (Phi) is 5.04. The molecule has 94 valence electrons. The molecule has 0 aliphatic heterocycles. The molecule has 1 aromatic rings. The SMILES string of the molecule is C#CCOC(CCC)c1ccc([Si](C)(C)C)o1. The first-order chi connectivity index (χ1) is 7.99. The first-order valence-electron chi connectivity index (χ1n) is 6.14. The third kappa shape index (κ3) is 4.07. The molecule has 1 unspecified atom stereocenters. The van der Waals surface area contributed by atoms with E-state index in [0.717, 1.165) is 24.0 Å². The van der Waals surface area contributed by atoms with E-state index in [9.17, 15) is 0 Å². The standard InChI is InChI=1S/C14H22O2Si/c1-6-8-12(15-11-7-2)13-9-10-14(16-13)17(3,4)5/h2,9-10,12H,6,8,11H2,1,3-5H3. The highest BCUT2D eigenvalue weighted by Crippen LogP contribution is 2.23. The van der Waals surface area contributed by atoms with Crippen molar-refractivity contribution in [3.63, 3.8) is 0 Å². The molecular formula is C14H22O2Si. The van der Waals surface area contributed by atoms with Crippen LogP contribution in [0.15, 0.2) is 16.5 Å². The van der Waals surface area contributed by atoms with E-state index in [2.05, 4.69) is 38.6 Å². The van der Waals surface area contributed by atoms with Crippen LogP contribution in [-0.4, -0.2) is 14.7 Å². The van der Waals surface area contributed by atoms with Crippen molar-refractivity contribution in [2.75, 3.05) is 6.61 Å². The molecule has 0 radical (unpaired) electrons. The molecule has 0 saturated carbocycles. The number of hydrogen-bond acceptors (Lipinski definition) is 2. The van der Waals surface area contributed by atoms with Crippen molar-refractivity contribution in [2.45, 2.75) is 45.5 Å². The van der Waals surface area contributed by atoms with Gasteiger partial charge in [-0.25, -0.2) is 0 Å². The van der Waals surface area contributed by atoms with Crippen molar-refractivity contribution in [3.8, 4) is 12.3 Å². The fourth-order valence-electron chi connectivity index (χ4n) is 1.65. The van der Waals surface area contributed by atoms with Crippen LogP contribution in [0.5, 0.6) is 0 Å². The maximum Gasteiger partial charge on any atom is 0.132 e.